The third-order valence-corrected chi connectivity index (χ3v) is 7.73. The van der Waals surface area contributed by atoms with E-state index >= 15 is 0 Å². The zero-order valence-corrected chi connectivity index (χ0v) is 21.9. The second-order valence-corrected chi connectivity index (χ2v) is 10.6. The smallest absolute Gasteiger partial charge is 0.264 e. The Bertz CT molecular complexity index is 1410. The minimum Gasteiger partial charge on any atom is -0.336 e. The van der Waals surface area contributed by atoms with Gasteiger partial charge in [-0.25, -0.2) is 8.42 Å². The summed E-state index contributed by atoms with van der Waals surface area (Å²) in [6, 6.07) is 14.0. The first-order valence-corrected chi connectivity index (χ1v) is 13.6. The van der Waals surface area contributed by atoms with Gasteiger partial charge in [-0.2, -0.15) is 0 Å². The molecule has 0 atom stereocenters. The van der Waals surface area contributed by atoms with Crippen molar-refractivity contribution >= 4 is 40.1 Å². The van der Waals surface area contributed by atoms with Gasteiger partial charge in [-0.3, -0.25) is 24.4 Å². The summed E-state index contributed by atoms with van der Waals surface area (Å²) in [7, 11) is -3.93. The highest BCUT2D eigenvalue weighted by Crippen LogP contribution is 2.31. The Morgan fingerprint density at radius 2 is 1.92 bits per heavy atom. The number of allylic oxidation sites excluding steroid dienone is 1. The number of nitrogens with one attached hydrogen (secondary N) is 1. The number of anilines is 1. The average molecular weight is 518 g/mol. The van der Waals surface area contributed by atoms with Crippen LogP contribution in [0.15, 0.2) is 76.9 Å². The molecule has 1 aliphatic rings. The van der Waals surface area contributed by atoms with Crippen molar-refractivity contribution in [2.24, 2.45) is 4.99 Å². The number of sulfonamides is 1. The van der Waals surface area contributed by atoms with Crippen molar-refractivity contribution in [1.29, 1.82) is 0 Å². The summed E-state index contributed by atoms with van der Waals surface area (Å²) in [6.45, 7) is 10.8. The lowest BCUT2D eigenvalue weighted by Crippen LogP contribution is -2.48. The molecule has 1 saturated heterocycles. The normalized spacial score (nSPS) is 14.6. The van der Waals surface area contributed by atoms with Crippen LogP contribution in [-0.2, 0) is 16.6 Å². The van der Waals surface area contributed by atoms with E-state index in [1.165, 1.54) is 6.07 Å². The van der Waals surface area contributed by atoms with E-state index < -0.39 is 10.0 Å². The first kappa shape index (κ1) is 26.2. The van der Waals surface area contributed by atoms with Crippen molar-refractivity contribution in [1.82, 2.24) is 14.8 Å². The number of carbonyl (C=O) groups excluding carboxylic acids is 1. The van der Waals surface area contributed by atoms with Crippen LogP contribution in [0.2, 0.25) is 0 Å². The van der Waals surface area contributed by atoms with E-state index in [1.54, 1.807) is 49.5 Å². The molecule has 0 radical (unpaired) electrons. The van der Waals surface area contributed by atoms with Gasteiger partial charge in [-0.1, -0.05) is 30.4 Å². The summed E-state index contributed by atoms with van der Waals surface area (Å²) in [6.07, 6.45) is 7.22. The third-order valence-electron chi connectivity index (χ3n) is 6.33. The van der Waals surface area contributed by atoms with Crippen LogP contribution in [0.25, 0.3) is 6.08 Å². The minimum absolute atomic E-state index is 0.0433. The first-order chi connectivity index (χ1) is 17.8. The molecule has 2 aromatic carbocycles. The number of pyridine rings is 1. The van der Waals surface area contributed by atoms with E-state index in [0.29, 0.717) is 41.2 Å². The predicted molar refractivity (Wildman–Crippen MR) is 148 cm³/mol. The SMILES string of the molecule is C=Nc1c(/C=C\C)cccc1S(=O)(=O)Nc1ccc(C(=O)N2CCN(Cc3cccnc3)CC2)cc1C. The summed E-state index contributed by atoms with van der Waals surface area (Å²) in [4.78, 5) is 25.5. The summed E-state index contributed by atoms with van der Waals surface area (Å²) in [5, 5.41) is 0. The van der Waals surface area contributed by atoms with Gasteiger partial charge in [0.25, 0.3) is 15.9 Å². The molecule has 37 heavy (non-hydrogen) atoms. The Balaban J connectivity index is 1.44. The highest BCUT2D eigenvalue weighted by Gasteiger charge is 2.24. The predicted octanol–water partition coefficient (Wildman–Crippen LogP) is 4.51. The molecule has 4 rings (SSSR count). The van der Waals surface area contributed by atoms with Crippen LogP contribution < -0.4 is 4.72 Å². The van der Waals surface area contributed by atoms with Gasteiger partial charge in [0.05, 0.1) is 11.4 Å². The van der Waals surface area contributed by atoms with E-state index in [9.17, 15) is 13.2 Å². The zero-order chi connectivity index (χ0) is 26.4. The topological polar surface area (TPSA) is 95.0 Å². The van der Waals surface area contributed by atoms with Crippen molar-refractivity contribution in [3.63, 3.8) is 0 Å². The van der Waals surface area contributed by atoms with Crippen molar-refractivity contribution in [2.75, 3.05) is 30.9 Å². The second-order valence-electron chi connectivity index (χ2n) is 8.92. The molecular formula is C28H31N5O3S. The largest absolute Gasteiger partial charge is 0.336 e. The average Bonchev–Trinajstić information content (AvgIpc) is 2.90. The maximum Gasteiger partial charge on any atom is 0.264 e. The third kappa shape index (κ3) is 6.12. The fraction of sp³-hybridized carbons (Fsp3) is 0.250. The van der Waals surface area contributed by atoms with Gasteiger partial charge in [0, 0.05) is 56.2 Å². The molecule has 0 aliphatic carbocycles. The van der Waals surface area contributed by atoms with E-state index in [4.69, 9.17) is 0 Å². The van der Waals surface area contributed by atoms with Crippen LogP contribution in [0, 0.1) is 6.92 Å². The van der Waals surface area contributed by atoms with Crippen LogP contribution in [0.3, 0.4) is 0 Å². The number of piperazine rings is 1. The summed E-state index contributed by atoms with van der Waals surface area (Å²) < 4.78 is 29.1. The van der Waals surface area contributed by atoms with Crippen molar-refractivity contribution in [3.8, 4) is 0 Å². The maximum atomic E-state index is 13.2. The summed E-state index contributed by atoms with van der Waals surface area (Å²) in [5.74, 6) is -0.0595. The number of nitrogens with zero attached hydrogens (tertiary/aromatic N) is 4. The first-order valence-electron chi connectivity index (χ1n) is 12.1. The highest BCUT2D eigenvalue weighted by molar-refractivity contribution is 7.92. The molecule has 1 aliphatic heterocycles. The molecule has 0 spiro atoms. The van der Waals surface area contributed by atoms with E-state index in [0.717, 1.165) is 25.2 Å². The number of amides is 1. The van der Waals surface area contributed by atoms with Gasteiger partial charge in [-0.05, 0) is 62.0 Å². The number of rotatable bonds is 8. The molecule has 0 bridgehead atoms. The van der Waals surface area contributed by atoms with Crippen LogP contribution in [0.1, 0.15) is 34.0 Å². The van der Waals surface area contributed by atoms with Gasteiger partial charge in [0.1, 0.15) is 4.90 Å². The van der Waals surface area contributed by atoms with Crippen LogP contribution >= 0.6 is 0 Å². The highest BCUT2D eigenvalue weighted by atomic mass is 32.2. The van der Waals surface area contributed by atoms with Crippen molar-refractivity contribution in [2.45, 2.75) is 25.3 Å². The number of aliphatic imine (C=N–C) groups is 1. The van der Waals surface area contributed by atoms with Crippen molar-refractivity contribution < 1.29 is 13.2 Å². The van der Waals surface area contributed by atoms with Crippen LogP contribution in [0.5, 0.6) is 0 Å². The van der Waals surface area contributed by atoms with Gasteiger partial charge < -0.3 is 4.90 Å². The van der Waals surface area contributed by atoms with Gasteiger partial charge in [0.2, 0.25) is 0 Å². The Kier molecular flexibility index (Phi) is 8.15. The zero-order valence-electron chi connectivity index (χ0n) is 21.1. The van der Waals surface area contributed by atoms with Crippen LogP contribution in [-0.4, -0.2) is 62.0 Å². The molecular weight excluding hydrogens is 486 g/mol. The number of hydrogen-bond acceptors (Lipinski definition) is 6. The maximum absolute atomic E-state index is 13.2. The fourth-order valence-electron chi connectivity index (χ4n) is 4.39. The Morgan fingerprint density at radius 3 is 2.57 bits per heavy atom. The molecule has 1 aromatic heterocycles. The quantitative estimate of drug-likeness (QED) is 0.444. The number of aromatic nitrogens is 1. The number of para-hydroxylation sites is 1. The fourth-order valence-corrected chi connectivity index (χ4v) is 5.72. The lowest BCUT2D eigenvalue weighted by Gasteiger charge is -2.34. The number of carbonyl (C=O) groups is 1. The Morgan fingerprint density at radius 1 is 1.14 bits per heavy atom. The Hall–Kier alpha value is -3.82. The molecule has 0 saturated carbocycles. The molecule has 1 fully saturated rings. The molecule has 0 unspecified atom stereocenters. The van der Waals surface area contributed by atoms with Crippen molar-refractivity contribution in [3.05, 3.63) is 89.3 Å². The Labute approximate surface area is 218 Å². The molecule has 3 aromatic rings. The molecule has 192 valence electrons. The number of aryl methyl sites for hydroxylation is 1. The lowest BCUT2D eigenvalue weighted by atomic mass is 10.1. The molecule has 1 amide bonds. The van der Waals surface area contributed by atoms with E-state index in [-0.39, 0.29) is 10.8 Å². The molecule has 8 nitrogen and oxygen atoms in total. The van der Waals surface area contributed by atoms with E-state index in [2.05, 4.69) is 32.4 Å². The van der Waals surface area contributed by atoms with Gasteiger partial charge in [-0.15, -0.1) is 0 Å². The number of hydrogen-bond donors (Lipinski definition) is 1. The lowest BCUT2D eigenvalue weighted by molar-refractivity contribution is 0.0628. The summed E-state index contributed by atoms with van der Waals surface area (Å²) >= 11 is 0. The number of benzene rings is 2. The molecule has 9 heteroatoms. The second kappa shape index (κ2) is 11.5. The monoisotopic (exact) mass is 517 g/mol. The summed E-state index contributed by atoms with van der Waals surface area (Å²) in [5.41, 5.74) is 3.70. The van der Waals surface area contributed by atoms with Gasteiger partial charge in [0.15, 0.2) is 0 Å². The molecule has 1 N–H and O–H groups in total. The van der Waals surface area contributed by atoms with E-state index in [1.807, 2.05) is 30.2 Å². The molecule has 2 heterocycles. The van der Waals surface area contributed by atoms with Gasteiger partial charge >= 0.3 is 0 Å². The standard InChI is InChI=1S/C28H31N5O3S/c1-4-7-23-9-5-10-26(27(23)29-3)37(35,36)31-25-12-11-24(18-21(25)2)28(34)33-16-14-32(15-17-33)20-22-8-6-13-30-19-22/h4-13,18-19,31H,3,14-17,20H2,1-2H3/b7-4-. The minimum atomic E-state index is -3.93. The van der Waals surface area contributed by atoms with Crippen LogP contribution in [0.4, 0.5) is 11.4 Å².